The molecule has 0 aliphatic heterocycles. The Balaban J connectivity index is 2.71. The van der Waals surface area contributed by atoms with Gasteiger partial charge in [-0.3, -0.25) is 0 Å². The van der Waals surface area contributed by atoms with Crippen LogP contribution in [-0.4, -0.2) is 13.2 Å². The molecule has 0 spiro atoms. The highest BCUT2D eigenvalue weighted by Crippen LogP contribution is 2.18. The predicted molar refractivity (Wildman–Crippen MR) is 59.7 cm³/mol. The van der Waals surface area contributed by atoms with Crippen LogP contribution in [0.5, 0.6) is 5.75 Å². The largest absolute Gasteiger partial charge is 0.494 e. The van der Waals surface area contributed by atoms with Gasteiger partial charge in [0.2, 0.25) is 0 Å². The Hall–Kier alpha value is -1.02. The molecule has 2 nitrogen and oxygen atoms in total. The zero-order valence-electron chi connectivity index (χ0n) is 9.21. The van der Waals surface area contributed by atoms with E-state index in [1.807, 2.05) is 19.1 Å². The van der Waals surface area contributed by atoms with Crippen LogP contribution in [0.4, 0.5) is 0 Å². The Morgan fingerprint density at radius 2 is 2.14 bits per heavy atom. The fourth-order valence-corrected chi connectivity index (χ4v) is 1.46. The van der Waals surface area contributed by atoms with Gasteiger partial charge in [0.05, 0.1) is 6.61 Å². The minimum absolute atomic E-state index is 0.389. The molecule has 0 aliphatic carbocycles. The first kappa shape index (κ1) is 11.1. The number of nitrogens with one attached hydrogen (secondary N) is 1. The highest BCUT2D eigenvalue weighted by Gasteiger charge is 2.03. The second-order valence-corrected chi connectivity index (χ2v) is 3.28. The first-order valence-corrected chi connectivity index (χ1v) is 5.24. The van der Waals surface area contributed by atoms with E-state index in [2.05, 4.69) is 31.3 Å². The molecule has 0 aromatic heterocycles. The number of hydrogen-bond donors (Lipinski definition) is 1. The summed E-state index contributed by atoms with van der Waals surface area (Å²) in [6.45, 7) is 7.98. The summed E-state index contributed by atoms with van der Waals surface area (Å²) >= 11 is 0. The van der Waals surface area contributed by atoms with Gasteiger partial charge in [-0.15, -0.1) is 0 Å². The lowest BCUT2D eigenvalue weighted by Crippen LogP contribution is -2.17. The van der Waals surface area contributed by atoms with E-state index in [1.165, 1.54) is 5.56 Å². The highest BCUT2D eigenvalue weighted by atomic mass is 16.5. The molecule has 0 fully saturated rings. The molecule has 0 saturated heterocycles. The summed E-state index contributed by atoms with van der Waals surface area (Å²) in [5, 5.41) is 3.38. The fourth-order valence-electron chi connectivity index (χ4n) is 1.46. The first-order chi connectivity index (χ1) is 6.77. The summed E-state index contributed by atoms with van der Waals surface area (Å²) in [6, 6.07) is 8.63. The quantitative estimate of drug-likeness (QED) is 0.776. The standard InChI is InChI=1S/C12H19NO/c1-4-13-10(3)11-7-6-8-12(9-11)14-5-2/h6-10,13H,4-5H2,1-3H3/t10-/m0/s1. The van der Waals surface area contributed by atoms with Crippen LogP contribution in [0, 0.1) is 0 Å². The van der Waals surface area contributed by atoms with Crippen molar-refractivity contribution in [2.45, 2.75) is 26.8 Å². The van der Waals surface area contributed by atoms with Gasteiger partial charge in [-0.2, -0.15) is 0 Å². The maximum absolute atomic E-state index is 5.45. The van der Waals surface area contributed by atoms with Gasteiger partial charge in [-0.25, -0.2) is 0 Å². The lowest BCUT2D eigenvalue weighted by atomic mass is 10.1. The van der Waals surface area contributed by atoms with Crippen molar-refractivity contribution in [3.63, 3.8) is 0 Å². The third-order valence-electron chi connectivity index (χ3n) is 2.18. The van der Waals surface area contributed by atoms with Gasteiger partial charge in [0.15, 0.2) is 0 Å². The molecule has 0 saturated carbocycles. The third-order valence-corrected chi connectivity index (χ3v) is 2.18. The van der Waals surface area contributed by atoms with E-state index >= 15 is 0 Å². The summed E-state index contributed by atoms with van der Waals surface area (Å²) < 4.78 is 5.45. The van der Waals surface area contributed by atoms with Crippen molar-refractivity contribution in [2.75, 3.05) is 13.2 Å². The molecule has 78 valence electrons. The van der Waals surface area contributed by atoms with E-state index in [-0.39, 0.29) is 0 Å². The Morgan fingerprint density at radius 1 is 1.36 bits per heavy atom. The first-order valence-electron chi connectivity index (χ1n) is 5.24. The van der Waals surface area contributed by atoms with Crippen LogP contribution in [0.15, 0.2) is 24.3 Å². The van der Waals surface area contributed by atoms with Gasteiger partial charge in [-0.05, 0) is 38.1 Å². The summed E-state index contributed by atoms with van der Waals surface area (Å²) in [4.78, 5) is 0. The molecule has 2 heteroatoms. The second kappa shape index (κ2) is 5.66. The molecule has 0 radical (unpaired) electrons. The molecule has 0 bridgehead atoms. The SMILES string of the molecule is CCN[C@@H](C)c1cccc(OCC)c1. The van der Waals surface area contributed by atoms with E-state index in [1.54, 1.807) is 0 Å². The topological polar surface area (TPSA) is 21.3 Å². The van der Waals surface area contributed by atoms with Crippen molar-refractivity contribution >= 4 is 0 Å². The molecule has 0 heterocycles. The number of rotatable bonds is 5. The number of benzene rings is 1. The Morgan fingerprint density at radius 3 is 2.79 bits per heavy atom. The summed E-state index contributed by atoms with van der Waals surface area (Å²) in [5.41, 5.74) is 1.28. The molecular weight excluding hydrogens is 174 g/mol. The summed E-state index contributed by atoms with van der Waals surface area (Å²) in [6.07, 6.45) is 0. The molecule has 1 aromatic carbocycles. The lowest BCUT2D eigenvalue weighted by molar-refractivity contribution is 0.339. The molecule has 14 heavy (non-hydrogen) atoms. The zero-order chi connectivity index (χ0) is 10.4. The molecule has 0 amide bonds. The van der Waals surface area contributed by atoms with Crippen molar-refractivity contribution in [3.8, 4) is 5.75 Å². The van der Waals surface area contributed by atoms with Crippen LogP contribution >= 0.6 is 0 Å². The maximum atomic E-state index is 5.45. The van der Waals surface area contributed by atoms with E-state index < -0.39 is 0 Å². The average molecular weight is 193 g/mol. The number of ether oxygens (including phenoxy) is 1. The monoisotopic (exact) mass is 193 g/mol. The van der Waals surface area contributed by atoms with Gasteiger partial charge in [0, 0.05) is 6.04 Å². The molecule has 1 rings (SSSR count). The molecule has 1 N–H and O–H groups in total. The van der Waals surface area contributed by atoms with Crippen molar-refractivity contribution in [1.82, 2.24) is 5.32 Å². The van der Waals surface area contributed by atoms with Gasteiger partial charge >= 0.3 is 0 Å². The zero-order valence-corrected chi connectivity index (χ0v) is 9.21. The van der Waals surface area contributed by atoms with E-state index in [4.69, 9.17) is 4.74 Å². The van der Waals surface area contributed by atoms with Crippen LogP contribution in [0.2, 0.25) is 0 Å². The van der Waals surface area contributed by atoms with Gasteiger partial charge < -0.3 is 10.1 Å². The van der Waals surface area contributed by atoms with Crippen molar-refractivity contribution in [3.05, 3.63) is 29.8 Å². The minimum atomic E-state index is 0.389. The van der Waals surface area contributed by atoms with Crippen LogP contribution in [-0.2, 0) is 0 Å². The molecular formula is C12H19NO. The van der Waals surface area contributed by atoms with Gasteiger partial charge in [0.1, 0.15) is 5.75 Å². The Labute approximate surface area is 86.3 Å². The maximum Gasteiger partial charge on any atom is 0.119 e. The highest BCUT2D eigenvalue weighted by molar-refractivity contribution is 5.30. The van der Waals surface area contributed by atoms with E-state index in [0.29, 0.717) is 6.04 Å². The van der Waals surface area contributed by atoms with E-state index in [9.17, 15) is 0 Å². The lowest BCUT2D eigenvalue weighted by Gasteiger charge is -2.13. The fraction of sp³-hybridized carbons (Fsp3) is 0.500. The summed E-state index contributed by atoms with van der Waals surface area (Å²) in [5.74, 6) is 0.953. The van der Waals surface area contributed by atoms with Crippen molar-refractivity contribution in [2.24, 2.45) is 0 Å². The van der Waals surface area contributed by atoms with Crippen LogP contribution in [0.25, 0.3) is 0 Å². The normalized spacial score (nSPS) is 12.5. The minimum Gasteiger partial charge on any atom is -0.494 e. The average Bonchev–Trinajstić information content (AvgIpc) is 2.19. The number of hydrogen-bond acceptors (Lipinski definition) is 2. The molecule has 0 aliphatic rings. The second-order valence-electron chi connectivity index (χ2n) is 3.28. The predicted octanol–water partition coefficient (Wildman–Crippen LogP) is 2.76. The van der Waals surface area contributed by atoms with E-state index in [0.717, 1.165) is 18.9 Å². The molecule has 1 atom stereocenters. The van der Waals surface area contributed by atoms with Crippen LogP contribution in [0.3, 0.4) is 0 Å². The molecule has 0 unspecified atom stereocenters. The summed E-state index contributed by atoms with van der Waals surface area (Å²) in [7, 11) is 0. The van der Waals surface area contributed by atoms with Crippen molar-refractivity contribution < 1.29 is 4.74 Å². The third kappa shape index (κ3) is 3.04. The smallest absolute Gasteiger partial charge is 0.119 e. The van der Waals surface area contributed by atoms with Gasteiger partial charge in [-0.1, -0.05) is 19.1 Å². The Bertz CT molecular complexity index is 273. The molecule has 1 aromatic rings. The van der Waals surface area contributed by atoms with Crippen LogP contribution < -0.4 is 10.1 Å². The van der Waals surface area contributed by atoms with Crippen molar-refractivity contribution in [1.29, 1.82) is 0 Å². The van der Waals surface area contributed by atoms with Gasteiger partial charge in [0.25, 0.3) is 0 Å². The Kier molecular flexibility index (Phi) is 4.47. The van der Waals surface area contributed by atoms with Crippen LogP contribution in [0.1, 0.15) is 32.4 Å².